The van der Waals surface area contributed by atoms with Gasteiger partial charge in [-0.2, -0.15) is 0 Å². The molecule has 2 aromatic carbocycles. The van der Waals surface area contributed by atoms with Gasteiger partial charge in [-0.3, -0.25) is 19.7 Å². The van der Waals surface area contributed by atoms with Crippen molar-refractivity contribution in [1.29, 1.82) is 0 Å². The van der Waals surface area contributed by atoms with Crippen LogP contribution in [0.2, 0.25) is 0 Å². The molecule has 9 nitrogen and oxygen atoms in total. The third-order valence-corrected chi connectivity index (χ3v) is 4.33. The smallest absolute Gasteiger partial charge is 0.329 e. The van der Waals surface area contributed by atoms with Crippen molar-refractivity contribution in [2.45, 2.75) is 18.4 Å². The monoisotopic (exact) mass is 400 g/mol. The molecule has 0 unspecified atom stereocenters. The summed E-state index contributed by atoms with van der Waals surface area (Å²) < 4.78 is 9.52. The predicted molar refractivity (Wildman–Crippen MR) is 102 cm³/mol. The van der Waals surface area contributed by atoms with Crippen LogP contribution in [0.3, 0.4) is 0 Å². The van der Waals surface area contributed by atoms with E-state index < -0.39 is 34.7 Å². The Morgan fingerprint density at radius 3 is 2.14 bits per heavy atom. The highest BCUT2D eigenvalue weighted by atomic mass is 16.6. The van der Waals surface area contributed by atoms with Crippen LogP contribution in [-0.4, -0.2) is 43.0 Å². The minimum absolute atomic E-state index is 0.145. The molecule has 0 radical (unpaired) electrons. The zero-order valence-electron chi connectivity index (χ0n) is 15.9. The van der Waals surface area contributed by atoms with Crippen molar-refractivity contribution in [2.24, 2.45) is 0 Å². The van der Waals surface area contributed by atoms with Gasteiger partial charge < -0.3 is 14.8 Å². The molecule has 0 fully saturated rings. The number of nitrogens with zero attached hydrogens (tertiary/aromatic N) is 1. The van der Waals surface area contributed by atoms with Crippen LogP contribution < -0.4 is 5.32 Å². The molecular formula is C20H20N2O7. The van der Waals surface area contributed by atoms with Crippen LogP contribution in [-0.2, 0) is 19.1 Å². The standard InChI is InChI=1S/C20H20N2O7/c1-28-17(23)12-16(13-8-10-15(11-9-13)22(26)27)18(20(25)29-2)21-19(24)14-6-4-3-5-7-14/h3-11,16,18H,12H2,1-2H3,(H,21,24)/t16-,18+/m1/s1. The van der Waals surface area contributed by atoms with Gasteiger partial charge in [0, 0.05) is 23.6 Å². The number of amides is 1. The maximum absolute atomic E-state index is 12.6. The molecule has 1 amide bonds. The number of benzene rings is 2. The second-order valence-corrected chi connectivity index (χ2v) is 6.08. The summed E-state index contributed by atoms with van der Waals surface area (Å²) in [5.74, 6) is -2.76. The summed E-state index contributed by atoms with van der Waals surface area (Å²) in [4.78, 5) is 47.3. The van der Waals surface area contributed by atoms with Gasteiger partial charge in [0.1, 0.15) is 6.04 Å². The Labute approximate surface area is 166 Å². The van der Waals surface area contributed by atoms with Gasteiger partial charge in [-0.05, 0) is 17.7 Å². The third kappa shape index (κ3) is 5.61. The lowest BCUT2D eigenvalue weighted by Crippen LogP contribution is -2.46. The zero-order valence-corrected chi connectivity index (χ0v) is 15.9. The first kappa shape index (κ1) is 21.5. The highest BCUT2D eigenvalue weighted by Crippen LogP contribution is 2.27. The van der Waals surface area contributed by atoms with Crippen molar-refractivity contribution in [3.8, 4) is 0 Å². The normalized spacial score (nSPS) is 12.3. The third-order valence-electron chi connectivity index (χ3n) is 4.33. The molecule has 0 aromatic heterocycles. The molecule has 0 aliphatic heterocycles. The number of nitro groups is 1. The fourth-order valence-corrected chi connectivity index (χ4v) is 2.80. The first-order valence-electron chi connectivity index (χ1n) is 8.62. The van der Waals surface area contributed by atoms with Crippen molar-refractivity contribution in [1.82, 2.24) is 5.32 Å². The zero-order chi connectivity index (χ0) is 21.4. The Morgan fingerprint density at radius 1 is 1.00 bits per heavy atom. The van der Waals surface area contributed by atoms with Gasteiger partial charge in [0.25, 0.3) is 11.6 Å². The molecule has 0 spiro atoms. The van der Waals surface area contributed by atoms with Gasteiger partial charge in [-0.1, -0.05) is 30.3 Å². The van der Waals surface area contributed by atoms with Crippen LogP contribution in [0.15, 0.2) is 54.6 Å². The quantitative estimate of drug-likeness (QED) is 0.409. The van der Waals surface area contributed by atoms with E-state index in [0.29, 0.717) is 11.1 Å². The second kappa shape index (κ2) is 9.98. The summed E-state index contributed by atoms with van der Waals surface area (Å²) in [7, 11) is 2.36. The Kier molecular flexibility index (Phi) is 7.41. The number of non-ortho nitro benzene ring substituents is 1. The van der Waals surface area contributed by atoms with E-state index in [9.17, 15) is 24.5 Å². The van der Waals surface area contributed by atoms with Crippen molar-refractivity contribution >= 4 is 23.5 Å². The van der Waals surface area contributed by atoms with Gasteiger partial charge >= 0.3 is 11.9 Å². The summed E-state index contributed by atoms with van der Waals surface area (Å²) in [5.41, 5.74) is 0.611. The molecule has 0 saturated heterocycles. The lowest BCUT2D eigenvalue weighted by molar-refractivity contribution is -0.384. The first-order chi connectivity index (χ1) is 13.9. The maximum atomic E-state index is 12.6. The number of nitro benzene ring substituents is 1. The van der Waals surface area contributed by atoms with Gasteiger partial charge in [0.15, 0.2) is 0 Å². The highest BCUT2D eigenvalue weighted by molar-refractivity contribution is 5.97. The van der Waals surface area contributed by atoms with E-state index in [1.807, 2.05) is 0 Å². The second-order valence-electron chi connectivity index (χ2n) is 6.08. The number of rotatable bonds is 8. The van der Waals surface area contributed by atoms with Crippen LogP contribution in [0.1, 0.15) is 28.3 Å². The number of hydrogen-bond donors (Lipinski definition) is 1. The van der Waals surface area contributed by atoms with Crippen LogP contribution in [0.25, 0.3) is 0 Å². The molecule has 2 rings (SSSR count). The lowest BCUT2D eigenvalue weighted by atomic mass is 9.88. The van der Waals surface area contributed by atoms with E-state index in [1.165, 1.54) is 31.4 Å². The fraction of sp³-hybridized carbons (Fsp3) is 0.250. The number of carbonyl (C=O) groups excluding carboxylic acids is 3. The number of carbonyl (C=O) groups is 3. The Balaban J connectivity index is 2.40. The summed E-state index contributed by atoms with van der Waals surface area (Å²) in [6.45, 7) is 0. The van der Waals surface area contributed by atoms with Crippen molar-refractivity contribution in [3.05, 3.63) is 75.8 Å². The molecule has 9 heteroatoms. The van der Waals surface area contributed by atoms with Crippen molar-refractivity contribution < 1.29 is 28.8 Å². The molecule has 2 aromatic rings. The maximum Gasteiger partial charge on any atom is 0.329 e. The molecular weight excluding hydrogens is 380 g/mol. The number of hydrogen-bond acceptors (Lipinski definition) is 7. The minimum Gasteiger partial charge on any atom is -0.469 e. The fourth-order valence-electron chi connectivity index (χ4n) is 2.80. The van der Waals surface area contributed by atoms with Crippen LogP contribution in [0.5, 0.6) is 0 Å². The van der Waals surface area contributed by atoms with Gasteiger partial charge in [0.2, 0.25) is 0 Å². The average Bonchev–Trinajstić information content (AvgIpc) is 2.75. The number of esters is 2. The SMILES string of the molecule is COC(=O)C[C@H](c1ccc([N+](=O)[O-])cc1)[C@H](NC(=O)c1ccccc1)C(=O)OC. The summed E-state index contributed by atoms with van der Waals surface area (Å²) in [6, 6.07) is 12.4. The summed E-state index contributed by atoms with van der Waals surface area (Å²) in [6.07, 6.45) is -0.247. The van der Waals surface area contributed by atoms with Gasteiger partial charge in [-0.15, -0.1) is 0 Å². The van der Waals surface area contributed by atoms with E-state index in [-0.39, 0.29) is 12.1 Å². The first-order valence-corrected chi connectivity index (χ1v) is 8.62. The molecule has 1 N–H and O–H groups in total. The molecule has 0 saturated carbocycles. The van der Waals surface area contributed by atoms with E-state index in [2.05, 4.69) is 5.32 Å². The molecule has 29 heavy (non-hydrogen) atoms. The molecule has 0 heterocycles. The van der Waals surface area contributed by atoms with Crippen molar-refractivity contribution in [2.75, 3.05) is 14.2 Å². The van der Waals surface area contributed by atoms with E-state index in [0.717, 1.165) is 7.11 Å². The molecule has 2 atom stereocenters. The largest absolute Gasteiger partial charge is 0.469 e. The Morgan fingerprint density at radius 2 is 1.62 bits per heavy atom. The highest BCUT2D eigenvalue weighted by Gasteiger charge is 2.34. The Hall–Kier alpha value is -3.75. The lowest BCUT2D eigenvalue weighted by Gasteiger charge is -2.26. The van der Waals surface area contributed by atoms with Crippen molar-refractivity contribution in [3.63, 3.8) is 0 Å². The van der Waals surface area contributed by atoms with Gasteiger partial charge in [0.05, 0.1) is 25.6 Å². The van der Waals surface area contributed by atoms with E-state index >= 15 is 0 Å². The summed E-state index contributed by atoms with van der Waals surface area (Å²) in [5, 5.41) is 13.5. The van der Waals surface area contributed by atoms with Crippen LogP contribution in [0, 0.1) is 10.1 Å². The minimum atomic E-state index is -1.21. The number of ether oxygens (including phenoxy) is 2. The van der Waals surface area contributed by atoms with Gasteiger partial charge in [-0.25, -0.2) is 4.79 Å². The van der Waals surface area contributed by atoms with Crippen LogP contribution in [0.4, 0.5) is 5.69 Å². The number of methoxy groups -OCH3 is 2. The molecule has 0 aliphatic rings. The molecule has 0 bridgehead atoms. The molecule has 152 valence electrons. The molecule has 0 aliphatic carbocycles. The number of nitrogens with one attached hydrogen (secondary N) is 1. The van der Waals surface area contributed by atoms with E-state index in [4.69, 9.17) is 9.47 Å². The topological polar surface area (TPSA) is 125 Å². The predicted octanol–water partition coefficient (Wildman–Crippen LogP) is 2.21. The summed E-state index contributed by atoms with van der Waals surface area (Å²) >= 11 is 0. The van der Waals surface area contributed by atoms with Crippen LogP contribution >= 0.6 is 0 Å². The Bertz CT molecular complexity index is 881. The average molecular weight is 400 g/mol. The van der Waals surface area contributed by atoms with E-state index in [1.54, 1.807) is 30.3 Å².